The van der Waals surface area contributed by atoms with Gasteiger partial charge in [-0.15, -0.1) is 11.6 Å². The lowest BCUT2D eigenvalue weighted by atomic mass is 10.2. The molecule has 0 N–H and O–H groups in total. The van der Waals surface area contributed by atoms with Crippen molar-refractivity contribution in [3.63, 3.8) is 0 Å². The number of para-hydroxylation sites is 1. The summed E-state index contributed by atoms with van der Waals surface area (Å²) in [5.41, 5.74) is 2.42. The monoisotopic (exact) mass is 358 g/mol. The fraction of sp³-hybridized carbons (Fsp3) is 0.133. The van der Waals surface area contributed by atoms with Crippen molar-refractivity contribution in [1.29, 1.82) is 0 Å². The number of benzene rings is 2. The van der Waals surface area contributed by atoms with Gasteiger partial charge in [-0.1, -0.05) is 40.9 Å². The van der Waals surface area contributed by atoms with Crippen molar-refractivity contribution in [2.45, 2.75) is 12.3 Å². The van der Waals surface area contributed by atoms with Gasteiger partial charge in [-0.2, -0.15) is 0 Å². The average molecular weight is 360 g/mol. The number of nitrogens with zero attached hydrogens (tertiary/aromatic N) is 2. The lowest BCUT2D eigenvalue weighted by Crippen LogP contribution is -2.02. The lowest BCUT2D eigenvalue weighted by Gasteiger charge is -2.12. The molecule has 3 rings (SSSR count). The first-order chi connectivity index (χ1) is 9.99. The Morgan fingerprint density at radius 1 is 1.00 bits per heavy atom. The predicted molar refractivity (Wildman–Crippen MR) is 90.4 cm³/mol. The number of hydrogen-bond donors (Lipinski definition) is 0. The summed E-state index contributed by atoms with van der Waals surface area (Å²) in [6, 6.07) is 11.0. The first-order valence-electron chi connectivity index (χ1n) is 6.25. The van der Waals surface area contributed by atoms with Gasteiger partial charge in [0.2, 0.25) is 0 Å². The van der Waals surface area contributed by atoms with Crippen LogP contribution in [0.2, 0.25) is 15.1 Å². The zero-order valence-electron chi connectivity index (χ0n) is 10.9. The molecule has 1 heterocycles. The first kappa shape index (κ1) is 15.0. The van der Waals surface area contributed by atoms with Crippen LogP contribution in [-0.2, 0) is 0 Å². The smallest absolute Gasteiger partial charge is 0.132 e. The van der Waals surface area contributed by atoms with Crippen LogP contribution in [0, 0.1) is 0 Å². The first-order valence-corrected chi connectivity index (χ1v) is 7.82. The van der Waals surface area contributed by atoms with E-state index >= 15 is 0 Å². The van der Waals surface area contributed by atoms with Gasteiger partial charge in [-0.25, -0.2) is 4.98 Å². The van der Waals surface area contributed by atoms with E-state index in [0.717, 1.165) is 16.7 Å². The fourth-order valence-corrected chi connectivity index (χ4v) is 2.95. The van der Waals surface area contributed by atoms with Gasteiger partial charge in [-0.05, 0) is 37.3 Å². The second kappa shape index (κ2) is 5.69. The molecule has 108 valence electrons. The quantitative estimate of drug-likeness (QED) is 0.492. The Hall–Kier alpha value is -0.930. The molecule has 0 aliphatic carbocycles. The van der Waals surface area contributed by atoms with Crippen molar-refractivity contribution in [2.24, 2.45) is 0 Å². The van der Waals surface area contributed by atoms with Gasteiger partial charge in [0, 0.05) is 5.69 Å². The number of aromatic nitrogens is 2. The number of halogens is 4. The maximum atomic E-state index is 6.34. The largest absolute Gasteiger partial charge is 0.294 e. The average Bonchev–Trinajstić information content (AvgIpc) is 2.83. The summed E-state index contributed by atoms with van der Waals surface area (Å²) in [6.45, 7) is 1.87. The minimum absolute atomic E-state index is 0.275. The highest BCUT2D eigenvalue weighted by atomic mass is 35.5. The van der Waals surface area contributed by atoms with E-state index in [0.29, 0.717) is 20.9 Å². The maximum Gasteiger partial charge on any atom is 0.132 e. The molecule has 6 heteroatoms. The van der Waals surface area contributed by atoms with Gasteiger partial charge in [-0.3, -0.25) is 4.57 Å². The fourth-order valence-electron chi connectivity index (χ4n) is 2.26. The second-order valence-electron chi connectivity index (χ2n) is 4.63. The van der Waals surface area contributed by atoms with Crippen molar-refractivity contribution in [2.75, 3.05) is 0 Å². The molecule has 21 heavy (non-hydrogen) atoms. The highest BCUT2D eigenvalue weighted by Crippen LogP contribution is 2.34. The lowest BCUT2D eigenvalue weighted by molar-refractivity contribution is 0.882. The summed E-state index contributed by atoms with van der Waals surface area (Å²) in [4.78, 5) is 4.57. The third-order valence-corrected chi connectivity index (χ3v) is 4.41. The van der Waals surface area contributed by atoms with Crippen molar-refractivity contribution >= 4 is 57.4 Å². The van der Waals surface area contributed by atoms with Gasteiger partial charge >= 0.3 is 0 Å². The minimum Gasteiger partial charge on any atom is -0.294 e. The number of fused-ring (bicyclic) bond motifs is 1. The molecule has 0 radical (unpaired) electrons. The van der Waals surface area contributed by atoms with Crippen LogP contribution in [0.25, 0.3) is 16.7 Å². The zero-order valence-corrected chi connectivity index (χ0v) is 14.0. The third-order valence-electron chi connectivity index (χ3n) is 3.17. The van der Waals surface area contributed by atoms with Crippen LogP contribution in [0.15, 0.2) is 36.4 Å². The van der Waals surface area contributed by atoms with E-state index in [1.54, 1.807) is 12.1 Å². The van der Waals surface area contributed by atoms with E-state index in [9.17, 15) is 0 Å². The third kappa shape index (κ3) is 2.62. The summed E-state index contributed by atoms with van der Waals surface area (Å²) in [5, 5.41) is 1.30. The molecule has 1 aromatic heterocycles. The van der Waals surface area contributed by atoms with Crippen LogP contribution in [-0.4, -0.2) is 9.55 Å². The molecule has 1 atom stereocenters. The molecule has 0 saturated heterocycles. The number of alkyl halides is 1. The zero-order chi connectivity index (χ0) is 15.1. The van der Waals surface area contributed by atoms with E-state index in [1.807, 2.05) is 35.8 Å². The van der Waals surface area contributed by atoms with Crippen LogP contribution >= 0.6 is 46.4 Å². The van der Waals surface area contributed by atoms with Crippen LogP contribution < -0.4 is 0 Å². The molecule has 0 amide bonds. The Balaban J connectivity index is 2.38. The summed E-state index contributed by atoms with van der Waals surface area (Å²) >= 11 is 24.7. The Bertz CT molecular complexity index is 824. The highest BCUT2D eigenvalue weighted by Gasteiger charge is 2.18. The molecule has 1 unspecified atom stereocenters. The summed E-state index contributed by atoms with van der Waals surface area (Å²) in [7, 11) is 0. The molecule has 0 aliphatic heterocycles. The van der Waals surface area contributed by atoms with Gasteiger partial charge in [0.25, 0.3) is 0 Å². The Labute approximate surface area is 142 Å². The standard InChI is InChI=1S/C15H10Cl4N2/c1-8(16)15-20-13-4-2-3-11(18)14(13)21(15)9-5-6-10(17)12(19)7-9/h2-8H,1H3. The van der Waals surface area contributed by atoms with Crippen LogP contribution in [0.3, 0.4) is 0 Å². The van der Waals surface area contributed by atoms with E-state index < -0.39 is 0 Å². The predicted octanol–water partition coefficient (Wildman–Crippen LogP) is 6.29. The Morgan fingerprint density at radius 3 is 2.43 bits per heavy atom. The molecule has 0 saturated carbocycles. The number of imidazole rings is 1. The van der Waals surface area contributed by atoms with E-state index in [2.05, 4.69) is 4.98 Å². The van der Waals surface area contributed by atoms with Gasteiger partial charge in [0.15, 0.2) is 0 Å². The molecule has 0 bridgehead atoms. The van der Waals surface area contributed by atoms with Crippen molar-refractivity contribution in [3.8, 4) is 5.69 Å². The maximum absolute atomic E-state index is 6.34. The van der Waals surface area contributed by atoms with Crippen LogP contribution in [0.1, 0.15) is 18.1 Å². The number of hydrogen-bond acceptors (Lipinski definition) is 1. The molecule has 0 fully saturated rings. The molecule has 3 aromatic rings. The van der Waals surface area contributed by atoms with Gasteiger partial charge < -0.3 is 0 Å². The van der Waals surface area contributed by atoms with Crippen molar-refractivity contribution < 1.29 is 0 Å². The van der Waals surface area contributed by atoms with Crippen molar-refractivity contribution in [3.05, 3.63) is 57.3 Å². The van der Waals surface area contributed by atoms with Gasteiger partial charge in [0.05, 0.1) is 31.5 Å². The molecular formula is C15H10Cl4N2. The second-order valence-corrected chi connectivity index (χ2v) is 6.50. The molecule has 0 spiro atoms. The Morgan fingerprint density at radius 2 is 1.76 bits per heavy atom. The molecule has 2 aromatic carbocycles. The van der Waals surface area contributed by atoms with E-state index in [1.165, 1.54) is 0 Å². The van der Waals surface area contributed by atoms with Crippen molar-refractivity contribution in [1.82, 2.24) is 9.55 Å². The summed E-state index contributed by atoms with van der Waals surface area (Å²) < 4.78 is 1.91. The van der Waals surface area contributed by atoms with Crippen LogP contribution in [0.5, 0.6) is 0 Å². The topological polar surface area (TPSA) is 17.8 Å². The molecule has 0 aliphatic rings. The molecule has 2 nitrogen and oxygen atoms in total. The highest BCUT2D eigenvalue weighted by molar-refractivity contribution is 6.42. The minimum atomic E-state index is -0.275. The summed E-state index contributed by atoms with van der Waals surface area (Å²) in [5.74, 6) is 0.707. The van der Waals surface area contributed by atoms with E-state index in [-0.39, 0.29) is 5.38 Å². The normalized spacial score (nSPS) is 12.8. The summed E-state index contributed by atoms with van der Waals surface area (Å²) in [6.07, 6.45) is 0. The molecular weight excluding hydrogens is 350 g/mol. The SMILES string of the molecule is CC(Cl)c1nc2cccc(Cl)c2n1-c1ccc(Cl)c(Cl)c1. The van der Waals surface area contributed by atoms with E-state index in [4.69, 9.17) is 46.4 Å². The number of rotatable bonds is 2. The van der Waals surface area contributed by atoms with Crippen LogP contribution in [0.4, 0.5) is 0 Å². The Kier molecular flexibility index (Phi) is 4.06. The van der Waals surface area contributed by atoms with Gasteiger partial charge in [0.1, 0.15) is 5.82 Å².